The molecule has 0 fully saturated rings. The molecule has 2 amide bonds. The maximum absolute atomic E-state index is 14.0. The second kappa shape index (κ2) is 11.0. The number of ether oxygens (including phenoxy) is 1. The molecule has 10 nitrogen and oxygen atoms in total. The van der Waals surface area contributed by atoms with E-state index in [0.717, 1.165) is 22.4 Å². The smallest absolute Gasteiger partial charge is 0.273 e. The molecular weight excluding hydrogens is 572 g/mol. The number of hydrogen-bond acceptors (Lipinski definition) is 8. The summed E-state index contributed by atoms with van der Waals surface area (Å²) in [5, 5.41) is 20.2. The van der Waals surface area contributed by atoms with E-state index in [1.807, 2.05) is 77.1 Å². The van der Waals surface area contributed by atoms with Crippen molar-refractivity contribution < 1.29 is 28.6 Å². The van der Waals surface area contributed by atoms with Gasteiger partial charge in [0.25, 0.3) is 5.91 Å². The lowest BCUT2D eigenvalue weighted by Gasteiger charge is -2.29. The number of oxazole rings is 1. The monoisotopic (exact) mass is 614 g/mol. The van der Waals surface area contributed by atoms with Gasteiger partial charge in [0, 0.05) is 29.1 Å². The van der Waals surface area contributed by atoms with Crippen LogP contribution in [0.3, 0.4) is 0 Å². The molecule has 6 rings (SSSR count). The number of aromatic nitrogens is 1. The molecule has 10 heteroatoms. The number of nitrogens with one attached hydrogen (secondary N) is 3. The topological polar surface area (TPSA) is 143 Å². The molecular formula is C35H42N4O6. The largest absolute Gasteiger partial charge is 0.469 e. The highest BCUT2D eigenvalue weighted by atomic mass is 16.5. The first kappa shape index (κ1) is 30.8. The molecule has 3 aromatic rings. The Morgan fingerprint density at radius 2 is 1.82 bits per heavy atom. The lowest BCUT2D eigenvalue weighted by molar-refractivity contribution is -0.135. The van der Waals surface area contributed by atoms with Crippen LogP contribution >= 0.6 is 0 Å². The zero-order valence-corrected chi connectivity index (χ0v) is 26.9. The number of Topliss-reactive ketones (excluding diaryl/α,β-unsaturated/α-hetero) is 1. The molecule has 2 aromatic carbocycles. The molecule has 1 spiro atoms. The van der Waals surface area contributed by atoms with Crippen molar-refractivity contribution in [2.45, 2.75) is 90.6 Å². The first-order valence-corrected chi connectivity index (χ1v) is 15.7. The number of hydrogen-bond donors (Lipinski definition) is 4. The molecule has 4 heterocycles. The van der Waals surface area contributed by atoms with E-state index in [4.69, 9.17) is 14.1 Å². The highest BCUT2D eigenvalue weighted by Crippen LogP contribution is 2.58. The van der Waals surface area contributed by atoms with Crippen LogP contribution in [0.15, 0.2) is 46.9 Å². The fourth-order valence-electron chi connectivity index (χ4n) is 6.71. The van der Waals surface area contributed by atoms with Crippen LogP contribution in [0.5, 0.6) is 5.75 Å². The summed E-state index contributed by atoms with van der Waals surface area (Å²) < 4.78 is 13.3. The van der Waals surface area contributed by atoms with Gasteiger partial charge in [0.15, 0.2) is 23.5 Å². The first-order chi connectivity index (χ1) is 21.2. The molecule has 5 atom stereocenters. The van der Waals surface area contributed by atoms with Crippen LogP contribution in [0.25, 0.3) is 0 Å². The summed E-state index contributed by atoms with van der Waals surface area (Å²) in [4.78, 5) is 45.9. The van der Waals surface area contributed by atoms with Crippen LogP contribution in [-0.4, -0.2) is 45.6 Å². The summed E-state index contributed by atoms with van der Waals surface area (Å²) in [7, 11) is 0. The van der Waals surface area contributed by atoms with Crippen LogP contribution in [0.4, 0.5) is 5.69 Å². The van der Waals surface area contributed by atoms with Crippen LogP contribution < -0.4 is 20.7 Å². The van der Waals surface area contributed by atoms with Crippen molar-refractivity contribution in [3.63, 3.8) is 0 Å². The van der Waals surface area contributed by atoms with Crippen molar-refractivity contribution in [1.82, 2.24) is 15.6 Å². The van der Waals surface area contributed by atoms with Crippen molar-refractivity contribution in [1.29, 1.82) is 0 Å². The summed E-state index contributed by atoms with van der Waals surface area (Å²) in [5.41, 5.74) is 1.83. The van der Waals surface area contributed by atoms with E-state index in [9.17, 15) is 19.5 Å². The SMILES string of the molecule is CC(C)[C@H](O)C(=O)CC1Cc2ccc3c(c2)C2(c4ccccc4N[C@H]2O3)c2oc(nc2C(=O)NC(C)(C)C)[C@H](C(C)C)NC1=O. The molecule has 0 saturated carbocycles. The maximum atomic E-state index is 14.0. The number of ketones is 1. The fourth-order valence-corrected chi connectivity index (χ4v) is 6.71. The number of aliphatic hydroxyl groups is 1. The standard InChI is InChI=1S/C35H42N4O6/c1-17(2)26-32-38-27(31(43)39-34(5,6)7)29(45-32)35-21-10-8-9-11-23(21)36-33(35)44-25-13-12-19(15-22(25)35)14-20(30(42)37-26)16-24(40)28(41)18(3)4/h8-13,15,17-18,20,26,28,33,36,41H,14,16H2,1-7H3,(H,37,42)(H,39,43)/t20?,26-,28-,33-,35?/m0/s1. The van der Waals surface area contributed by atoms with E-state index in [1.165, 1.54) is 0 Å². The van der Waals surface area contributed by atoms with Crippen molar-refractivity contribution in [3.05, 3.63) is 76.5 Å². The summed E-state index contributed by atoms with van der Waals surface area (Å²) in [6.07, 6.45) is -1.66. The molecule has 4 N–H and O–H groups in total. The lowest BCUT2D eigenvalue weighted by Crippen LogP contribution is -2.44. The molecule has 3 aliphatic heterocycles. The van der Waals surface area contributed by atoms with Crippen LogP contribution in [0.2, 0.25) is 0 Å². The second-order valence-corrected chi connectivity index (χ2v) is 14.3. The van der Waals surface area contributed by atoms with Gasteiger partial charge in [-0.05, 0) is 62.3 Å². The predicted molar refractivity (Wildman–Crippen MR) is 168 cm³/mol. The predicted octanol–water partition coefficient (Wildman–Crippen LogP) is 4.64. The summed E-state index contributed by atoms with van der Waals surface area (Å²) in [6, 6.07) is 12.9. The van der Waals surface area contributed by atoms with E-state index >= 15 is 0 Å². The average Bonchev–Trinajstić information content (AvgIpc) is 3.62. The van der Waals surface area contributed by atoms with Crippen LogP contribution in [0.1, 0.15) is 99.8 Å². The Balaban J connectivity index is 1.60. The number of rotatable bonds is 6. The average molecular weight is 615 g/mol. The molecule has 3 aliphatic rings. The number of amides is 2. The molecule has 1 aromatic heterocycles. The minimum Gasteiger partial charge on any atom is -0.469 e. The van der Waals surface area contributed by atoms with Gasteiger partial charge in [0.2, 0.25) is 11.8 Å². The van der Waals surface area contributed by atoms with Gasteiger partial charge in [-0.25, -0.2) is 4.98 Å². The minimum absolute atomic E-state index is 0.121. The number of carbonyl (C=O) groups is 3. The van der Waals surface area contributed by atoms with Gasteiger partial charge in [-0.3, -0.25) is 14.4 Å². The molecule has 238 valence electrons. The third kappa shape index (κ3) is 5.18. The lowest BCUT2D eigenvalue weighted by atomic mass is 9.72. The zero-order chi connectivity index (χ0) is 32.4. The normalized spacial score (nSPS) is 24.0. The number of fused-ring (bicyclic) bond motifs is 4. The molecule has 2 unspecified atom stereocenters. The first-order valence-electron chi connectivity index (χ1n) is 15.7. The van der Waals surface area contributed by atoms with Crippen molar-refractivity contribution >= 4 is 23.3 Å². The molecule has 0 aliphatic carbocycles. The number of anilines is 1. The fraction of sp³-hybridized carbons (Fsp3) is 0.486. The quantitative estimate of drug-likeness (QED) is 0.315. The Morgan fingerprint density at radius 1 is 1.09 bits per heavy atom. The summed E-state index contributed by atoms with van der Waals surface area (Å²) in [6.45, 7) is 13.1. The van der Waals surface area contributed by atoms with Gasteiger partial charge < -0.3 is 30.2 Å². The van der Waals surface area contributed by atoms with Gasteiger partial charge in [0.1, 0.15) is 23.3 Å². The Hall–Kier alpha value is -4.18. The highest BCUT2D eigenvalue weighted by molar-refractivity contribution is 5.95. The van der Waals surface area contributed by atoms with Crippen molar-refractivity contribution in [2.75, 3.05) is 5.32 Å². The number of carbonyl (C=O) groups excluding carboxylic acids is 3. The van der Waals surface area contributed by atoms with E-state index < -0.39 is 41.2 Å². The van der Waals surface area contributed by atoms with E-state index in [-0.39, 0.29) is 48.0 Å². The Kier molecular flexibility index (Phi) is 7.54. The van der Waals surface area contributed by atoms with E-state index in [1.54, 1.807) is 13.8 Å². The third-order valence-electron chi connectivity index (χ3n) is 8.94. The van der Waals surface area contributed by atoms with Gasteiger partial charge in [-0.2, -0.15) is 0 Å². The minimum atomic E-state index is -1.17. The van der Waals surface area contributed by atoms with Gasteiger partial charge in [-0.1, -0.05) is 58.0 Å². The van der Waals surface area contributed by atoms with E-state index in [2.05, 4.69) is 16.0 Å². The number of nitrogens with zero attached hydrogens (tertiary/aromatic N) is 1. The highest BCUT2D eigenvalue weighted by Gasteiger charge is 2.61. The Morgan fingerprint density at radius 3 is 2.51 bits per heavy atom. The Labute approximate surface area is 263 Å². The van der Waals surface area contributed by atoms with Crippen LogP contribution in [0, 0.1) is 17.8 Å². The second-order valence-electron chi connectivity index (χ2n) is 14.3. The van der Waals surface area contributed by atoms with Crippen molar-refractivity contribution in [3.8, 4) is 5.75 Å². The number of para-hydroxylation sites is 1. The molecule has 0 radical (unpaired) electrons. The summed E-state index contributed by atoms with van der Waals surface area (Å²) in [5.74, 6) is -1.18. The Bertz CT molecular complexity index is 1670. The zero-order valence-electron chi connectivity index (χ0n) is 26.9. The van der Waals surface area contributed by atoms with E-state index in [0.29, 0.717) is 11.5 Å². The van der Waals surface area contributed by atoms with Crippen molar-refractivity contribution in [2.24, 2.45) is 17.8 Å². The summed E-state index contributed by atoms with van der Waals surface area (Å²) >= 11 is 0. The van der Waals surface area contributed by atoms with Gasteiger partial charge in [-0.15, -0.1) is 0 Å². The number of benzene rings is 2. The third-order valence-corrected chi connectivity index (χ3v) is 8.94. The maximum Gasteiger partial charge on any atom is 0.273 e. The molecule has 0 saturated heterocycles. The number of aliphatic hydroxyl groups excluding tert-OH is 1. The van der Waals surface area contributed by atoms with Gasteiger partial charge >= 0.3 is 0 Å². The molecule has 4 bridgehead atoms. The van der Waals surface area contributed by atoms with Crippen LogP contribution in [-0.2, 0) is 21.4 Å². The molecule has 45 heavy (non-hydrogen) atoms. The van der Waals surface area contributed by atoms with Gasteiger partial charge in [0.05, 0.1) is 0 Å².